The van der Waals surface area contributed by atoms with Crippen molar-refractivity contribution in [2.24, 2.45) is 0 Å². The zero-order valence-electron chi connectivity index (χ0n) is 17.1. The Kier molecular flexibility index (Phi) is 7.91. The van der Waals surface area contributed by atoms with Gasteiger partial charge in [-0.2, -0.15) is 0 Å². The average molecular weight is 460 g/mol. The van der Waals surface area contributed by atoms with Crippen LogP contribution >= 0.6 is 23.4 Å². The van der Waals surface area contributed by atoms with Crippen molar-refractivity contribution in [3.05, 3.63) is 70.5 Å². The normalized spacial score (nSPS) is 10.5. The number of nitrogens with zero attached hydrogens (tertiary/aromatic N) is 3. The monoisotopic (exact) mass is 459 g/mol. The van der Waals surface area contributed by atoms with Gasteiger partial charge < -0.3 is 9.30 Å². The van der Waals surface area contributed by atoms with Gasteiger partial charge in [0.2, 0.25) is 5.91 Å². The Morgan fingerprint density at radius 2 is 1.90 bits per heavy atom. The van der Waals surface area contributed by atoms with Crippen LogP contribution in [-0.2, 0) is 17.8 Å². The number of rotatable bonds is 8. The minimum absolute atomic E-state index is 0.0659. The van der Waals surface area contributed by atoms with E-state index in [2.05, 4.69) is 21.0 Å². The lowest BCUT2D eigenvalue weighted by Gasteiger charge is -2.11. The Morgan fingerprint density at radius 3 is 2.61 bits per heavy atom. The van der Waals surface area contributed by atoms with Crippen LogP contribution in [0.15, 0.2) is 53.7 Å². The van der Waals surface area contributed by atoms with Crippen LogP contribution < -0.4 is 15.6 Å². The highest BCUT2D eigenvalue weighted by Gasteiger charge is 2.16. The molecule has 2 amide bonds. The molecule has 10 heteroatoms. The third kappa shape index (κ3) is 5.99. The minimum atomic E-state index is -0.528. The minimum Gasteiger partial charge on any atom is -0.496 e. The van der Waals surface area contributed by atoms with Crippen molar-refractivity contribution in [1.29, 1.82) is 0 Å². The SMILES string of the molecule is CCn1c(Cc2ccccc2)nnc1SCC(=O)NNC(=O)c1cc(Cl)ccc1OC. The van der Waals surface area contributed by atoms with Crippen LogP contribution in [0.3, 0.4) is 0 Å². The van der Waals surface area contributed by atoms with Gasteiger partial charge in [-0.1, -0.05) is 53.7 Å². The average Bonchev–Trinajstić information content (AvgIpc) is 3.17. The summed E-state index contributed by atoms with van der Waals surface area (Å²) < 4.78 is 7.12. The zero-order valence-corrected chi connectivity index (χ0v) is 18.7. The Hall–Kier alpha value is -3.04. The lowest BCUT2D eigenvalue weighted by Crippen LogP contribution is -2.42. The van der Waals surface area contributed by atoms with E-state index in [4.69, 9.17) is 16.3 Å². The molecule has 2 N–H and O–H groups in total. The molecule has 1 heterocycles. The standard InChI is InChI=1S/C21H22ClN5O3S/c1-3-27-18(11-14-7-5-4-6-8-14)23-26-21(27)31-13-19(28)24-25-20(29)16-12-15(22)9-10-17(16)30-2/h4-10,12H,3,11,13H2,1-2H3,(H,24,28)(H,25,29). The first kappa shape index (κ1) is 22.6. The van der Waals surface area contributed by atoms with E-state index in [1.165, 1.54) is 24.9 Å². The second kappa shape index (κ2) is 10.8. The molecule has 0 unspecified atom stereocenters. The lowest BCUT2D eigenvalue weighted by molar-refractivity contribution is -0.119. The van der Waals surface area contributed by atoms with Crippen LogP contribution in [0.25, 0.3) is 0 Å². The maximum atomic E-state index is 12.3. The molecule has 0 radical (unpaired) electrons. The van der Waals surface area contributed by atoms with Gasteiger partial charge in [-0.3, -0.25) is 20.4 Å². The van der Waals surface area contributed by atoms with Gasteiger partial charge in [0.05, 0.1) is 18.4 Å². The number of benzene rings is 2. The van der Waals surface area contributed by atoms with E-state index >= 15 is 0 Å². The van der Waals surface area contributed by atoms with Gasteiger partial charge >= 0.3 is 0 Å². The summed E-state index contributed by atoms with van der Waals surface area (Å²) in [5.41, 5.74) is 6.12. The van der Waals surface area contributed by atoms with Crippen LogP contribution in [-0.4, -0.2) is 39.4 Å². The number of methoxy groups -OCH3 is 1. The number of carbonyl (C=O) groups excluding carboxylic acids is 2. The number of hydrazine groups is 1. The number of carbonyl (C=O) groups is 2. The van der Waals surface area contributed by atoms with Crippen LogP contribution in [0.4, 0.5) is 0 Å². The van der Waals surface area contributed by atoms with Crippen LogP contribution in [0.5, 0.6) is 5.75 Å². The van der Waals surface area contributed by atoms with Crippen LogP contribution in [0, 0.1) is 0 Å². The predicted octanol–water partition coefficient (Wildman–Crippen LogP) is 3.10. The summed E-state index contributed by atoms with van der Waals surface area (Å²) in [6, 6.07) is 14.7. The number of hydrogen-bond acceptors (Lipinski definition) is 6. The second-order valence-electron chi connectivity index (χ2n) is 6.44. The molecule has 3 aromatic rings. The highest BCUT2D eigenvalue weighted by molar-refractivity contribution is 7.99. The summed E-state index contributed by atoms with van der Waals surface area (Å²) in [6.07, 6.45) is 0.659. The number of hydrogen-bond donors (Lipinski definition) is 2. The third-order valence-electron chi connectivity index (χ3n) is 4.37. The first-order valence-electron chi connectivity index (χ1n) is 9.53. The van der Waals surface area contributed by atoms with E-state index < -0.39 is 5.91 Å². The maximum Gasteiger partial charge on any atom is 0.273 e. The Bertz CT molecular complexity index is 1060. The fourth-order valence-electron chi connectivity index (χ4n) is 2.87. The highest BCUT2D eigenvalue weighted by atomic mass is 35.5. The molecule has 31 heavy (non-hydrogen) atoms. The van der Waals surface area contributed by atoms with E-state index in [0.717, 1.165) is 11.4 Å². The number of thioether (sulfide) groups is 1. The second-order valence-corrected chi connectivity index (χ2v) is 7.82. The summed E-state index contributed by atoms with van der Waals surface area (Å²) in [5.74, 6) is 0.343. The fourth-order valence-corrected chi connectivity index (χ4v) is 3.86. The molecule has 1 aromatic heterocycles. The molecule has 0 aliphatic carbocycles. The molecule has 0 atom stereocenters. The molecule has 162 valence electrons. The molecule has 2 aromatic carbocycles. The van der Waals surface area contributed by atoms with Crippen molar-refractivity contribution in [1.82, 2.24) is 25.6 Å². The van der Waals surface area contributed by atoms with Crippen molar-refractivity contribution in [3.8, 4) is 5.75 Å². The molecule has 0 aliphatic heterocycles. The summed E-state index contributed by atoms with van der Waals surface area (Å²) in [4.78, 5) is 24.5. The Balaban J connectivity index is 1.55. The molecule has 0 saturated heterocycles. The van der Waals surface area contributed by atoms with Gasteiger partial charge in [0.15, 0.2) is 5.16 Å². The number of aromatic nitrogens is 3. The number of amides is 2. The van der Waals surface area contributed by atoms with E-state index in [9.17, 15) is 9.59 Å². The zero-order chi connectivity index (χ0) is 22.2. The molecule has 0 fully saturated rings. The van der Waals surface area contributed by atoms with Crippen molar-refractivity contribution >= 4 is 35.2 Å². The van der Waals surface area contributed by atoms with E-state index in [-0.39, 0.29) is 17.2 Å². The molecule has 0 spiro atoms. The number of ether oxygens (including phenoxy) is 1. The van der Waals surface area contributed by atoms with Crippen molar-refractivity contribution < 1.29 is 14.3 Å². The Labute approximate surface area is 189 Å². The van der Waals surface area contributed by atoms with Gasteiger partial charge in [0.1, 0.15) is 11.6 Å². The van der Waals surface area contributed by atoms with E-state index in [1.807, 2.05) is 41.8 Å². The molecule has 0 aliphatic rings. The van der Waals surface area contributed by atoms with Crippen molar-refractivity contribution in [2.45, 2.75) is 25.0 Å². The molecule has 0 saturated carbocycles. The summed E-state index contributed by atoms with van der Waals surface area (Å²) in [5, 5.41) is 9.51. The largest absolute Gasteiger partial charge is 0.496 e. The van der Waals surface area contributed by atoms with Gasteiger partial charge in [-0.15, -0.1) is 10.2 Å². The van der Waals surface area contributed by atoms with Crippen LogP contribution in [0.2, 0.25) is 5.02 Å². The molecule has 8 nitrogen and oxygen atoms in total. The van der Waals surface area contributed by atoms with Gasteiger partial charge in [-0.05, 0) is 30.7 Å². The molecular formula is C21H22ClN5O3S. The van der Waals surface area contributed by atoms with E-state index in [1.54, 1.807) is 12.1 Å². The van der Waals surface area contributed by atoms with Gasteiger partial charge in [0.25, 0.3) is 5.91 Å². The van der Waals surface area contributed by atoms with Crippen LogP contribution in [0.1, 0.15) is 28.7 Å². The summed E-state index contributed by atoms with van der Waals surface area (Å²) in [6.45, 7) is 2.69. The topological polar surface area (TPSA) is 98.1 Å². The fraction of sp³-hybridized carbons (Fsp3) is 0.238. The summed E-state index contributed by atoms with van der Waals surface area (Å²) in [7, 11) is 1.45. The molecule has 0 bridgehead atoms. The van der Waals surface area contributed by atoms with E-state index in [0.29, 0.717) is 28.9 Å². The van der Waals surface area contributed by atoms with Crippen molar-refractivity contribution in [2.75, 3.05) is 12.9 Å². The highest BCUT2D eigenvalue weighted by Crippen LogP contribution is 2.22. The van der Waals surface area contributed by atoms with Gasteiger partial charge in [0, 0.05) is 18.0 Å². The van der Waals surface area contributed by atoms with Gasteiger partial charge in [-0.25, -0.2) is 0 Å². The lowest BCUT2D eigenvalue weighted by atomic mass is 10.1. The van der Waals surface area contributed by atoms with Crippen molar-refractivity contribution in [3.63, 3.8) is 0 Å². The molecular weight excluding hydrogens is 438 g/mol. The number of nitrogens with one attached hydrogen (secondary N) is 2. The third-order valence-corrected chi connectivity index (χ3v) is 5.57. The predicted molar refractivity (Wildman–Crippen MR) is 119 cm³/mol. The molecule has 3 rings (SSSR count). The quantitative estimate of drug-likeness (QED) is 0.396. The first-order valence-corrected chi connectivity index (χ1v) is 10.9. The number of halogens is 1. The Morgan fingerprint density at radius 1 is 1.13 bits per heavy atom. The smallest absolute Gasteiger partial charge is 0.273 e. The maximum absolute atomic E-state index is 12.3. The first-order chi connectivity index (χ1) is 15.0. The summed E-state index contributed by atoms with van der Waals surface area (Å²) >= 11 is 7.19.